The highest BCUT2D eigenvalue weighted by atomic mass is 15.3. The van der Waals surface area contributed by atoms with Crippen molar-refractivity contribution in [3.63, 3.8) is 0 Å². The molecule has 0 aromatic heterocycles. The van der Waals surface area contributed by atoms with Crippen molar-refractivity contribution in [3.05, 3.63) is 0 Å². The van der Waals surface area contributed by atoms with Gasteiger partial charge in [0.1, 0.15) is 5.54 Å². The van der Waals surface area contributed by atoms with Gasteiger partial charge in [-0.2, -0.15) is 5.26 Å². The van der Waals surface area contributed by atoms with Gasteiger partial charge < -0.3 is 10.6 Å². The summed E-state index contributed by atoms with van der Waals surface area (Å²) in [4.78, 5) is 4.81. The summed E-state index contributed by atoms with van der Waals surface area (Å²) in [5.74, 6) is 0. The third-order valence-electron chi connectivity index (χ3n) is 3.42. The zero-order valence-electron chi connectivity index (χ0n) is 10.9. The summed E-state index contributed by atoms with van der Waals surface area (Å²) >= 11 is 0. The molecule has 0 saturated carbocycles. The number of nitriles is 1. The molecule has 1 aliphatic rings. The summed E-state index contributed by atoms with van der Waals surface area (Å²) in [5, 5.41) is 8.95. The molecule has 0 spiro atoms. The van der Waals surface area contributed by atoms with Crippen molar-refractivity contribution in [2.75, 3.05) is 26.7 Å². The monoisotopic (exact) mass is 224 g/mol. The van der Waals surface area contributed by atoms with E-state index in [2.05, 4.69) is 36.8 Å². The Bertz CT molecular complexity index is 269. The van der Waals surface area contributed by atoms with E-state index in [9.17, 15) is 0 Å². The number of likely N-dealkylation sites (N-methyl/N-ethyl adjacent to an activating group) is 1. The van der Waals surface area contributed by atoms with E-state index in [4.69, 9.17) is 11.0 Å². The van der Waals surface area contributed by atoms with Crippen LogP contribution in [0.5, 0.6) is 0 Å². The Hall–Kier alpha value is -0.630. The first kappa shape index (κ1) is 13.4. The van der Waals surface area contributed by atoms with E-state index in [-0.39, 0.29) is 0 Å². The second kappa shape index (κ2) is 5.13. The average molecular weight is 224 g/mol. The molecular formula is C12H24N4. The van der Waals surface area contributed by atoms with Gasteiger partial charge in [0, 0.05) is 31.7 Å². The third-order valence-corrected chi connectivity index (χ3v) is 3.42. The van der Waals surface area contributed by atoms with Gasteiger partial charge in [0.05, 0.1) is 6.07 Å². The molecule has 0 radical (unpaired) electrons. The number of rotatable bonds is 3. The second-order valence-corrected chi connectivity index (χ2v) is 5.43. The minimum absolute atomic E-state index is 0.373. The topological polar surface area (TPSA) is 56.3 Å². The normalized spacial score (nSPS) is 29.4. The van der Waals surface area contributed by atoms with Crippen LogP contribution in [0.25, 0.3) is 0 Å². The molecule has 2 N–H and O–H groups in total. The molecule has 4 heteroatoms. The first-order valence-corrected chi connectivity index (χ1v) is 6.00. The fourth-order valence-corrected chi connectivity index (χ4v) is 2.59. The minimum atomic E-state index is -0.706. The quantitative estimate of drug-likeness (QED) is 0.764. The predicted molar refractivity (Wildman–Crippen MR) is 65.9 cm³/mol. The van der Waals surface area contributed by atoms with Crippen LogP contribution in [0.3, 0.4) is 0 Å². The van der Waals surface area contributed by atoms with E-state index in [0.29, 0.717) is 12.1 Å². The SMILES string of the molecule is CC1CN(C)CCN1C(C)CC(C)(N)C#N. The average Bonchev–Trinajstić information content (AvgIpc) is 2.16. The summed E-state index contributed by atoms with van der Waals surface area (Å²) in [6, 6.07) is 3.09. The molecule has 1 heterocycles. The van der Waals surface area contributed by atoms with Crippen molar-refractivity contribution < 1.29 is 0 Å². The molecule has 1 saturated heterocycles. The van der Waals surface area contributed by atoms with Gasteiger partial charge in [0.15, 0.2) is 0 Å². The van der Waals surface area contributed by atoms with Crippen LogP contribution in [0.1, 0.15) is 27.2 Å². The molecule has 4 nitrogen and oxygen atoms in total. The highest BCUT2D eigenvalue weighted by Gasteiger charge is 2.29. The van der Waals surface area contributed by atoms with E-state index in [1.807, 2.05) is 6.92 Å². The molecule has 0 amide bonds. The molecule has 3 atom stereocenters. The zero-order valence-corrected chi connectivity index (χ0v) is 10.9. The molecule has 1 aliphatic heterocycles. The Labute approximate surface area is 99.0 Å². The lowest BCUT2D eigenvalue weighted by atomic mass is 9.94. The Morgan fingerprint density at radius 2 is 2.19 bits per heavy atom. The van der Waals surface area contributed by atoms with Crippen LogP contribution in [0.2, 0.25) is 0 Å². The van der Waals surface area contributed by atoms with Crippen molar-refractivity contribution in [3.8, 4) is 6.07 Å². The summed E-state index contributed by atoms with van der Waals surface area (Å²) in [7, 11) is 2.15. The van der Waals surface area contributed by atoms with Crippen molar-refractivity contribution >= 4 is 0 Å². The Morgan fingerprint density at radius 3 is 2.69 bits per heavy atom. The van der Waals surface area contributed by atoms with Crippen LogP contribution < -0.4 is 5.73 Å². The van der Waals surface area contributed by atoms with Crippen LogP contribution in [-0.4, -0.2) is 54.1 Å². The van der Waals surface area contributed by atoms with Crippen LogP contribution in [-0.2, 0) is 0 Å². The largest absolute Gasteiger partial charge is 0.314 e. The summed E-state index contributed by atoms with van der Waals surface area (Å²) in [6.07, 6.45) is 0.734. The predicted octanol–water partition coefficient (Wildman–Crippen LogP) is 0.642. The molecule has 0 aromatic rings. The highest BCUT2D eigenvalue weighted by Crippen LogP contribution is 2.18. The smallest absolute Gasteiger partial charge is 0.102 e. The molecule has 1 fully saturated rings. The molecule has 92 valence electrons. The highest BCUT2D eigenvalue weighted by molar-refractivity contribution is 5.03. The number of piperazine rings is 1. The van der Waals surface area contributed by atoms with Crippen LogP contribution in [0.15, 0.2) is 0 Å². The van der Waals surface area contributed by atoms with Crippen molar-refractivity contribution in [1.82, 2.24) is 9.80 Å². The van der Waals surface area contributed by atoms with Gasteiger partial charge in [-0.1, -0.05) is 0 Å². The lowest BCUT2D eigenvalue weighted by Gasteiger charge is -2.42. The molecule has 3 unspecified atom stereocenters. The first-order valence-electron chi connectivity index (χ1n) is 6.00. The van der Waals surface area contributed by atoms with Gasteiger partial charge in [0.25, 0.3) is 0 Å². The Kier molecular flexibility index (Phi) is 4.31. The fourth-order valence-electron chi connectivity index (χ4n) is 2.59. The molecule has 0 aliphatic carbocycles. The molecule has 0 bridgehead atoms. The maximum absolute atomic E-state index is 8.95. The van der Waals surface area contributed by atoms with Gasteiger partial charge in [-0.05, 0) is 34.2 Å². The molecular weight excluding hydrogens is 200 g/mol. The van der Waals surface area contributed by atoms with Gasteiger partial charge >= 0.3 is 0 Å². The lowest BCUT2D eigenvalue weighted by molar-refractivity contribution is 0.0595. The van der Waals surface area contributed by atoms with Gasteiger partial charge in [0.2, 0.25) is 0 Å². The third kappa shape index (κ3) is 3.44. The maximum atomic E-state index is 8.95. The fraction of sp³-hybridized carbons (Fsp3) is 0.917. The number of nitrogens with zero attached hydrogens (tertiary/aromatic N) is 3. The summed E-state index contributed by atoms with van der Waals surface area (Å²) in [6.45, 7) is 9.49. The molecule has 16 heavy (non-hydrogen) atoms. The number of nitrogens with two attached hydrogens (primary N) is 1. The van der Waals surface area contributed by atoms with Gasteiger partial charge in [-0.15, -0.1) is 0 Å². The van der Waals surface area contributed by atoms with Crippen LogP contribution >= 0.6 is 0 Å². The van der Waals surface area contributed by atoms with Gasteiger partial charge in [-0.3, -0.25) is 4.90 Å². The van der Waals surface area contributed by atoms with Crippen molar-refractivity contribution in [2.45, 2.75) is 44.8 Å². The first-order chi connectivity index (χ1) is 7.35. The van der Waals surface area contributed by atoms with E-state index in [1.54, 1.807) is 0 Å². The minimum Gasteiger partial charge on any atom is -0.314 e. The van der Waals surface area contributed by atoms with Gasteiger partial charge in [-0.25, -0.2) is 0 Å². The lowest BCUT2D eigenvalue weighted by Crippen LogP contribution is -2.55. The molecule has 0 aromatic carbocycles. The number of hydrogen-bond donors (Lipinski definition) is 1. The number of hydrogen-bond acceptors (Lipinski definition) is 4. The maximum Gasteiger partial charge on any atom is 0.102 e. The van der Waals surface area contributed by atoms with Crippen molar-refractivity contribution in [1.29, 1.82) is 5.26 Å². The zero-order chi connectivity index (χ0) is 12.3. The summed E-state index contributed by atoms with van der Waals surface area (Å²) < 4.78 is 0. The van der Waals surface area contributed by atoms with E-state index >= 15 is 0 Å². The van der Waals surface area contributed by atoms with Crippen LogP contribution in [0.4, 0.5) is 0 Å². The second-order valence-electron chi connectivity index (χ2n) is 5.43. The molecule has 1 rings (SSSR count). The Morgan fingerprint density at radius 1 is 1.56 bits per heavy atom. The van der Waals surface area contributed by atoms with E-state index in [1.165, 1.54) is 0 Å². The van der Waals surface area contributed by atoms with Crippen LogP contribution in [0, 0.1) is 11.3 Å². The van der Waals surface area contributed by atoms with E-state index in [0.717, 1.165) is 26.1 Å². The Balaban J connectivity index is 2.55. The summed E-state index contributed by atoms with van der Waals surface area (Å²) in [5.41, 5.74) is 5.19. The van der Waals surface area contributed by atoms with E-state index < -0.39 is 5.54 Å². The van der Waals surface area contributed by atoms with Crippen molar-refractivity contribution in [2.24, 2.45) is 5.73 Å². The standard InChI is InChI=1S/C12H24N4/c1-10(7-12(3,14)9-13)16-6-5-15(4)8-11(16)2/h10-11H,5-8,14H2,1-4H3.